The van der Waals surface area contributed by atoms with Crippen molar-refractivity contribution in [3.63, 3.8) is 0 Å². The van der Waals surface area contributed by atoms with Gasteiger partial charge >= 0.3 is 6.18 Å². The van der Waals surface area contributed by atoms with Crippen LogP contribution >= 0.6 is 15.9 Å². The van der Waals surface area contributed by atoms with E-state index in [1.807, 2.05) is 0 Å². The Balaban J connectivity index is 1.51. The number of hydrogen-bond donors (Lipinski definition) is 1. The molecule has 0 unspecified atom stereocenters. The Kier molecular flexibility index (Phi) is 6.99. The first-order valence-corrected chi connectivity index (χ1v) is 10.5. The minimum absolute atomic E-state index is 0.0839. The summed E-state index contributed by atoms with van der Waals surface area (Å²) in [6.07, 6.45) is -2.89. The fourth-order valence-electron chi connectivity index (χ4n) is 3.73. The zero-order valence-corrected chi connectivity index (χ0v) is 17.8. The SMILES string of the molecule is O=C(CCCN1CCC(O)(c2cccc(C(F)(F)F)c2)CC1)c1ccc(F)cc1Br. The Morgan fingerprint density at radius 1 is 1.13 bits per heavy atom. The van der Waals surface area contributed by atoms with Crippen molar-refractivity contribution in [2.75, 3.05) is 19.6 Å². The van der Waals surface area contributed by atoms with Gasteiger partial charge in [0.2, 0.25) is 0 Å². The lowest BCUT2D eigenvalue weighted by Crippen LogP contribution is -2.43. The number of hydrogen-bond acceptors (Lipinski definition) is 3. The van der Waals surface area contributed by atoms with Gasteiger partial charge in [0.15, 0.2) is 5.78 Å². The first-order valence-electron chi connectivity index (χ1n) is 9.69. The Morgan fingerprint density at radius 3 is 2.47 bits per heavy atom. The number of benzene rings is 2. The number of alkyl halides is 3. The number of halogens is 5. The first-order chi connectivity index (χ1) is 14.1. The van der Waals surface area contributed by atoms with Gasteiger partial charge in [-0.25, -0.2) is 4.39 Å². The van der Waals surface area contributed by atoms with Crippen molar-refractivity contribution in [2.24, 2.45) is 0 Å². The summed E-state index contributed by atoms with van der Waals surface area (Å²) in [7, 11) is 0. The van der Waals surface area contributed by atoms with Crippen molar-refractivity contribution in [3.8, 4) is 0 Å². The van der Waals surface area contributed by atoms with E-state index in [1.54, 1.807) is 0 Å². The summed E-state index contributed by atoms with van der Waals surface area (Å²) in [5, 5.41) is 10.9. The number of ketones is 1. The molecule has 1 aliphatic heterocycles. The summed E-state index contributed by atoms with van der Waals surface area (Å²) in [4.78, 5) is 14.4. The second-order valence-electron chi connectivity index (χ2n) is 7.60. The molecule has 1 fully saturated rings. The number of Topliss-reactive ketones (excluding diaryl/α,β-unsaturated/α-hetero) is 1. The highest BCUT2D eigenvalue weighted by Gasteiger charge is 2.36. The number of rotatable bonds is 6. The van der Waals surface area contributed by atoms with Crippen molar-refractivity contribution < 1.29 is 27.5 Å². The van der Waals surface area contributed by atoms with Crippen LogP contribution in [-0.4, -0.2) is 35.4 Å². The Hall–Kier alpha value is -1.77. The van der Waals surface area contributed by atoms with Gasteiger partial charge in [0.05, 0.1) is 11.2 Å². The molecule has 2 aromatic rings. The molecular formula is C22H22BrF4NO2. The van der Waals surface area contributed by atoms with Crippen LogP contribution in [0.25, 0.3) is 0 Å². The van der Waals surface area contributed by atoms with Crippen LogP contribution in [0.5, 0.6) is 0 Å². The van der Waals surface area contributed by atoms with Crippen LogP contribution in [0.4, 0.5) is 17.6 Å². The summed E-state index contributed by atoms with van der Waals surface area (Å²) < 4.78 is 52.4. The van der Waals surface area contributed by atoms with Crippen LogP contribution in [0.3, 0.4) is 0 Å². The van der Waals surface area contributed by atoms with E-state index >= 15 is 0 Å². The fourth-order valence-corrected chi connectivity index (χ4v) is 4.31. The molecule has 1 saturated heterocycles. The summed E-state index contributed by atoms with van der Waals surface area (Å²) in [6.45, 7) is 1.70. The largest absolute Gasteiger partial charge is 0.416 e. The maximum Gasteiger partial charge on any atom is 0.416 e. The van der Waals surface area contributed by atoms with E-state index in [9.17, 15) is 27.5 Å². The molecule has 3 rings (SSSR count). The second-order valence-corrected chi connectivity index (χ2v) is 8.46. The molecule has 1 heterocycles. The molecule has 8 heteroatoms. The Bertz CT molecular complexity index is 908. The second kappa shape index (κ2) is 9.16. The van der Waals surface area contributed by atoms with Gasteiger partial charge < -0.3 is 10.0 Å². The lowest BCUT2D eigenvalue weighted by Gasteiger charge is -2.38. The van der Waals surface area contributed by atoms with Crippen LogP contribution in [-0.2, 0) is 11.8 Å². The van der Waals surface area contributed by atoms with Crippen LogP contribution in [0, 0.1) is 5.82 Å². The quantitative estimate of drug-likeness (QED) is 0.428. The first kappa shape index (κ1) is 22.9. The minimum Gasteiger partial charge on any atom is -0.385 e. The molecule has 0 bridgehead atoms. The zero-order chi connectivity index (χ0) is 21.9. The van der Waals surface area contributed by atoms with E-state index in [0.29, 0.717) is 55.4 Å². The Morgan fingerprint density at radius 2 is 1.83 bits per heavy atom. The van der Waals surface area contributed by atoms with Gasteiger partial charge in [-0.2, -0.15) is 13.2 Å². The molecule has 0 aromatic heterocycles. The van der Waals surface area contributed by atoms with Gasteiger partial charge in [0, 0.05) is 29.5 Å². The van der Waals surface area contributed by atoms with E-state index in [0.717, 1.165) is 12.1 Å². The highest BCUT2D eigenvalue weighted by Crippen LogP contribution is 2.36. The van der Waals surface area contributed by atoms with Crippen molar-refractivity contribution >= 4 is 21.7 Å². The van der Waals surface area contributed by atoms with Crippen LogP contribution in [0.15, 0.2) is 46.9 Å². The number of piperidine rings is 1. The molecule has 162 valence electrons. The standard InChI is InChI=1S/C22H22BrF4NO2/c23-19-14-17(24)6-7-18(19)20(29)5-2-10-28-11-8-21(30,9-12-28)15-3-1-4-16(13-15)22(25,26)27/h1,3-4,6-7,13-14,30H,2,5,8-12H2. The van der Waals surface area contributed by atoms with Crippen molar-refractivity contribution in [1.29, 1.82) is 0 Å². The van der Waals surface area contributed by atoms with Crippen LogP contribution in [0.1, 0.15) is 47.2 Å². The van der Waals surface area contributed by atoms with E-state index in [4.69, 9.17) is 0 Å². The molecule has 0 amide bonds. The molecule has 0 saturated carbocycles. The predicted molar refractivity (Wildman–Crippen MR) is 109 cm³/mol. The average Bonchev–Trinajstić information content (AvgIpc) is 2.69. The maximum atomic E-state index is 13.1. The van der Waals surface area contributed by atoms with Crippen molar-refractivity contribution in [2.45, 2.75) is 37.5 Å². The topological polar surface area (TPSA) is 40.5 Å². The van der Waals surface area contributed by atoms with Gasteiger partial charge in [-0.1, -0.05) is 12.1 Å². The number of carbonyl (C=O) groups excluding carboxylic acids is 1. The van der Waals surface area contributed by atoms with Crippen LogP contribution < -0.4 is 0 Å². The summed E-state index contributed by atoms with van der Waals surface area (Å²) in [6, 6.07) is 8.83. The monoisotopic (exact) mass is 487 g/mol. The molecule has 0 atom stereocenters. The molecule has 0 aliphatic carbocycles. The third-order valence-electron chi connectivity index (χ3n) is 5.52. The number of nitrogens with zero attached hydrogens (tertiary/aromatic N) is 1. The molecule has 1 N–H and O–H groups in total. The average molecular weight is 488 g/mol. The fraction of sp³-hybridized carbons (Fsp3) is 0.409. The predicted octanol–water partition coefficient (Wildman–Crippen LogP) is 5.55. The highest BCUT2D eigenvalue weighted by molar-refractivity contribution is 9.10. The summed E-state index contributed by atoms with van der Waals surface area (Å²) in [5.41, 5.74) is -1.32. The van der Waals surface area contributed by atoms with Gasteiger partial charge in [0.25, 0.3) is 0 Å². The van der Waals surface area contributed by atoms with Gasteiger partial charge in [-0.05, 0) is 77.6 Å². The van der Waals surface area contributed by atoms with E-state index in [1.165, 1.54) is 30.3 Å². The highest BCUT2D eigenvalue weighted by atomic mass is 79.9. The molecule has 0 radical (unpaired) electrons. The van der Waals surface area contributed by atoms with E-state index < -0.39 is 23.2 Å². The zero-order valence-electron chi connectivity index (χ0n) is 16.2. The van der Waals surface area contributed by atoms with E-state index in [-0.39, 0.29) is 11.3 Å². The number of carbonyl (C=O) groups is 1. The molecule has 30 heavy (non-hydrogen) atoms. The Labute approximate surface area is 180 Å². The number of aliphatic hydroxyl groups is 1. The van der Waals surface area contributed by atoms with E-state index in [2.05, 4.69) is 20.8 Å². The minimum atomic E-state index is -4.45. The lowest BCUT2D eigenvalue weighted by molar-refractivity contribution is -0.137. The normalized spacial score (nSPS) is 17.1. The molecule has 3 nitrogen and oxygen atoms in total. The van der Waals surface area contributed by atoms with Crippen molar-refractivity contribution in [3.05, 3.63) is 69.4 Å². The lowest BCUT2D eigenvalue weighted by atomic mass is 9.83. The van der Waals surface area contributed by atoms with Gasteiger partial charge in [-0.15, -0.1) is 0 Å². The number of likely N-dealkylation sites (tertiary alicyclic amines) is 1. The maximum absolute atomic E-state index is 13.1. The molecule has 2 aromatic carbocycles. The third-order valence-corrected chi connectivity index (χ3v) is 6.18. The summed E-state index contributed by atoms with van der Waals surface area (Å²) in [5.74, 6) is -0.501. The smallest absolute Gasteiger partial charge is 0.385 e. The molecular weight excluding hydrogens is 466 g/mol. The van der Waals surface area contributed by atoms with Gasteiger partial charge in [0.1, 0.15) is 5.82 Å². The van der Waals surface area contributed by atoms with Crippen molar-refractivity contribution in [1.82, 2.24) is 4.90 Å². The molecule has 0 spiro atoms. The third kappa shape index (κ3) is 5.47. The van der Waals surface area contributed by atoms with Gasteiger partial charge in [-0.3, -0.25) is 4.79 Å². The summed E-state index contributed by atoms with van der Waals surface area (Å²) >= 11 is 3.20. The van der Waals surface area contributed by atoms with Crippen LogP contribution in [0.2, 0.25) is 0 Å². The molecule has 1 aliphatic rings.